The molecule has 0 atom stereocenters. The number of hydrogen-bond acceptors (Lipinski definition) is 3. The lowest BCUT2D eigenvalue weighted by atomic mass is 10.0. The monoisotopic (exact) mass is 375 g/mol. The molecule has 1 aliphatic heterocycles. The summed E-state index contributed by atoms with van der Waals surface area (Å²) in [5.74, 6) is -1.06. The summed E-state index contributed by atoms with van der Waals surface area (Å²) in [7, 11) is 0. The number of H-pyrrole nitrogens is 1. The second-order valence-corrected chi connectivity index (χ2v) is 7.43. The number of benzene rings is 2. The van der Waals surface area contributed by atoms with Crippen molar-refractivity contribution in [3.8, 4) is 0 Å². The van der Waals surface area contributed by atoms with E-state index in [1.54, 1.807) is 0 Å². The normalized spacial score (nSPS) is 14.5. The molecule has 0 spiro atoms. The quantitative estimate of drug-likeness (QED) is 0.511. The van der Waals surface area contributed by atoms with Gasteiger partial charge in [0, 0.05) is 29.7 Å². The summed E-state index contributed by atoms with van der Waals surface area (Å²) < 4.78 is 0. The molecule has 3 aromatic rings. The third kappa shape index (κ3) is 3.71. The first-order valence-electron chi connectivity index (χ1n) is 9.82. The van der Waals surface area contributed by atoms with Gasteiger partial charge in [-0.25, -0.2) is 0 Å². The van der Waals surface area contributed by atoms with Gasteiger partial charge in [0.25, 0.3) is 11.7 Å². The van der Waals surface area contributed by atoms with Crippen LogP contribution in [0.25, 0.3) is 10.9 Å². The number of aromatic amines is 1. The van der Waals surface area contributed by atoms with Crippen LogP contribution in [0.5, 0.6) is 0 Å². The first-order chi connectivity index (χ1) is 13.6. The number of aryl methyl sites for hydroxylation is 1. The molecule has 1 fully saturated rings. The van der Waals surface area contributed by atoms with Crippen LogP contribution in [0.4, 0.5) is 0 Å². The van der Waals surface area contributed by atoms with Gasteiger partial charge in [-0.1, -0.05) is 42.5 Å². The maximum atomic E-state index is 12.8. The zero-order chi connectivity index (χ0) is 19.5. The Morgan fingerprint density at radius 2 is 1.68 bits per heavy atom. The van der Waals surface area contributed by atoms with Gasteiger partial charge in [-0.15, -0.1) is 0 Å². The molecule has 28 heavy (non-hydrogen) atoms. The van der Waals surface area contributed by atoms with Crippen molar-refractivity contribution in [3.63, 3.8) is 0 Å². The van der Waals surface area contributed by atoms with E-state index < -0.39 is 11.7 Å². The number of carbonyl (C=O) groups is 2. The summed E-state index contributed by atoms with van der Waals surface area (Å²) in [5, 5.41) is 3.61. The van der Waals surface area contributed by atoms with Gasteiger partial charge < -0.3 is 10.3 Å². The number of hydrogen-bond donors (Lipinski definition) is 2. The number of nitrogens with one attached hydrogen (secondary N) is 2. The predicted octanol–water partition coefficient (Wildman–Crippen LogP) is 3.57. The van der Waals surface area contributed by atoms with Gasteiger partial charge in [0.2, 0.25) is 0 Å². The van der Waals surface area contributed by atoms with Crippen LogP contribution in [-0.4, -0.2) is 34.7 Å². The fraction of sp³-hybridized carbons (Fsp3) is 0.304. The van der Waals surface area contributed by atoms with E-state index in [1.165, 1.54) is 18.4 Å². The Morgan fingerprint density at radius 3 is 2.46 bits per heavy atom. The van der Waals surface area contributed by atoms with E-state index in [4.69, 9.17) is 0 Å². The number of amides is 1. The largest absolute Gasteiger partial charge is 0.358 e. The van der Waals surface area contributed by atoms with Crippen LogP contribution in [0.15, 0.2) is 48.5 Å². The van der Waals surface area contributed by atoms with Gasteiger partial charge in [0.15, 0.2) is 0 Å². The minimum Gasteiger partial charge on any atom is -0.358 e. The molecular weight excluding hydrogens is 350 g/mol. The fourth-order valence-corrected chi connectivity index (χ4v) is 4.00. The molecule has 1 aliphatic rings. The average molecular weight is 375 g/mol. The maximum absolute atomic E-state index is 12.8. The summed E-state index contributed by atoms with van der Waals surface area (Å²) in [6.45, 7) is 5.32. The van der Waals surface area contributed by atoms with Gasteiger partial charge in [-0.3, -0.25) is 14.5 Å². The molecule has 2 N–H and O–H groups in total. The van der Waals surface area contributed by atoms with Crippen molar-refractivity contribution in [2.45, 2.75) is 32.9 Å². The van der Waals surface area contributed by atoms with E-state index in [9.17, 15) is 9.59 Å². The highest BCUT2D eigenvalue weighted by Crippen LogP contribution is 2.22. The zero-order valence-electron chi connectivity index (χ0n) is 16.1. The van der Waals surface area contributed by atoms with Crippen molar-refractivity contribution >= 4 is 22.6 Å². The number of nitrogens with zero attached hydrogens (tertiary/aromatic N) is 1. The summed E-state index contributed by atoms with van der Waals surface area (Å²) in [6.07, 6.45) is 2.49. The van der Waals surface area contributed by atoms with Crippen LogP contribution in [0.1, 0.15) is 40.0 Å². The lowest BCUT2D eigenvalue weighted by molar-refractivity contribution is -0.117. The van der Waals surface area contributed by atoms with Crippen molar-refractivity contribution in [1.29, 1.82) is 0 Å². The first-order valence-corrected chi connectivity index (χ1v) is 9.82. The van der Waals surface area contributed by atoms with Gasteiger partial charge in [-0.2, -0.15) is 0 Å². The summed E-state index contributed by atoms with van der Waals surface area (Å²) >= 11 is 0. The standard InChI is InChI=1S/C23H25N3O2/c1-16-21(19-10-4-5-11-20(19)25-16)22(27)23(28)24-14-17-8-2-3-9-18(17)15-26-12-6-7-13-26/h2-5,8-11,25H,6-7,12-15H2,1H3,(H,24,28). The third-order valence-electron chi connectivity index (χ3n) is 5.48. The Morgan fingerprint density at radius 1 is 1.00 bits per heavy atom. The summed E-state index contributed by atoms with van der Waals surface area (Å²) in [5.41, 5.74) is 4.31. The highest BCUT2D eigenvalue weighted by molar-refractivity contribution is 6.45. The minimum atomic E-state index is -0.566. The van der Waals surface area contributed by atoms with E-state index in [2.05, 4.69) is 21.3 Å². The number of Topliss-reactive ketones (excluding diaryl/α,β-unsaturated/α-hetero) is 1. The molecule has 2 heterocycles. The molecule has 5 heteroatoms. The molecule has 0 unspecified atom stereocenters. The number of rotatable bonds is 6. The van der Waals surface area contributed by atoms with Gasteiger partial charge >= 0.3 is 0 Å². The molecule has 1 saturated heterocycles. The fourth-order valence-electron chi connectivity index (χ4n) is 4.00. The topological polar surface area (TPSA) is 65.2 Å². The number of fused-ring (bicyclic) bond motifs is 1. The van der Waals surface area contributed by atoms with E-state index in [1.807, 2.05) is 49.4 Å². The number of para-hydroxylation sites is 1. The van der Waals surface area contributed by atoms with Gasteiger partial charge in [0.05, 0.1) is 5.56 Å². The van der Waals surface area contributed by atoms with Crippen LogP contribution < -0.4 is 5.32 Å². The van der Waals surface area contributed by atoms with E-state index >= 15 is 0 Å². The van der Waals surface area contributed by atoms with Crippen molar-refractivity contribution < 1.29 is 9.59 Å². The number of likely N-dealkylation sites (tertiary alicyclic amines) is 1. The molecule has 144 valence electrons. The second-order valence-electron chi connectivity index (χ2n) is 7.43. The van der Waals surface area contributed by atoms with Crippen LogP contribution in [-0.2, 0) is 17.9 Å². The van der Waals surface area contributed by atoms with Crippen molar-refractivity contribution in [3.05, 3.63) is 70.9 Å². The van der Waals surface area contributed by atoms with Crippen LogP contribution >= 0.6 is 0 Å². The first kappa shape index (κ1) is 18.4. The number of carbonyl (C=O) groups excluding carboxylic acids is 2. The Bertz CT molecular complexity index is 1020. The minimum absolute atomic E-state index is 0.357. The van der Waals surface area contributed by atoms with Crippen LogP contribution in [0, 0.1) is 6.92 Å². The second kappa shape index (κ2) is 7.98. The summed E-state index contributed by atoms with van der Waals surface area (Å²) in [6, 6.07) is 15.7. The highest BCUT2D eigenvalue weighted by atomic mass is 16.2. The molecule has 1 aromatic heterocycles. The SMILES string of the molecule is Cc1[nH]c2ccccc2c1C(=O)C(=O)NCc1ccccc1CN1CCCC1. The average Bonchev–Trinajstić information content (AvgIpc) is 3.33. The molecule has 0 radical (unpaired) electrons. The maximum Gasteiger partial charge on any atom is 0.292 e. The highest BCUT2D eigenvalue weighted by Gasteiger charge is 2.22. The Balaban J connectivity index is 1.47. The molecule has 1 amide bonds. The van der Waals surface area contributed by atoms with Crippen molar-refractivity contribution in [1.82, 2.24) is 15.2 Å². The molecular formula is C23H25N3O2. The van der Waals surface area contributed by atoms with E-state index in [-0.39, 0.29) is 0 Å². The molecule has 0 aliphatic carbocycles. The Hall–Kier alpha value is -2.92. The lowest BCUT2D eigenvalue weighted by Crippen LogP contribution is -2.31. The molecule has 0 saturated carbocycles. The third-order valence-corrected chi connectivity index (χ3v) is 5.48. The Kier molecular flexibility index (Phi) is 5.26. The van der Waals surface area contributed by atoms with Gasteiger partial charge in [0.1, 0.15) is 0 Å². The van der Waals surface area contributed by atoms with Crippen molar-refractivity contribution in [2.24, 2.45) is 0 Å². The van der Waals surface area contributed by atoms with E-state index in [0.717, 1.165) is 41.8 Å². The molecule has 0 bridgehead atoms. The van der Waals surface area contributed by atoms with Crippen LogP contribution in [0.2, 0.25) is 0 Å². The molecule has 4 rings (SSSR count). The van der Waals surface area contributed by atoms with Crippen LogP contribution in [0.3, 0.4) is 0 Å². The van der Waals surface area contributed by atoms with E-state index in [0.29, 0.717) is 12.1 Å². The molecule has 2 aromatic carbocycles. The molecule has 5 nitrogen and oxygen atoms in total. The smallest absolute Gasteiger partial charge is 0.292 e. The summed E-state index contributed by atoms with van der Waals surface area (Å²) in [4.78, 5) is 31.0. The van der Waals surface area contributed by atoms with Crippen molar-refractivity contribution in [2.75, 3.05) is 13.1 Å². The number of ketones is 1. The lowest BCUT2D eigenvalue weighted by Gasteiger charge is -2.17. The zero-order valence-corrected chi connectivity index (χ0v) is 16.1. The van der Waals surface area contributed by atoms with Gasteiger partial charge in [-0.05, 0) is 50.0 Å². The Labute approximate surface area is 164 Å². The predicted molar refractivity (Wildman–Crippen MR) is 110 cm³/mol. The number of aromatic nitrogens is 1.